The SMILES string of the molecule is Cc1cc(C)cc(OCC(=O)NCC(O)CO)c1. The summed E-state index contributed by atoms with van der Waals surface area (Å²) in [5.41, 5.74) is 2.14. The van der Waals surface area contributed by atoms with Crippen molar-refractivity contribution in [2.75, 3.05) is 19.8 Å². The average Bonchev–Trinajstić information content (AvgIpc) is 2.32. The molecule has 3 N–H and O–H groups in total. The molecule has 0 aliphatic carbocycles. The molecule has 18 heavy (non-hydrogen) atoms. The van der Waals surface area contributed by atoms with Gasteiger partial charge in [0.15, 0.2) is 6.61 Å². The summed E-state index contributed by atoms with van der Waals surface area (Å²) in [7, 11) is 0. The lowest BCUT2D eigenvalue weighted by atomic mass is 10.1. The van der Waals surface area contributed by atoms with Crippen LogP contribution < -0.4 is 10.1 Å². The Bertz CT molecular complexity index is 386. The van der Waals surface area contributed by atoms with E-state index in [-0.39, 0.29) is 25.7 Å². The van der Waals surface area contributed by atoms with Crippen LogP contribution in [0.3, 0.4) is 0 Å². The number of hydrogen-bond acceptors (Lipinski definition) is 4. The standard InChI is InChI=1S/C13H19NO4/c1-9-3-10(2)5-12(4-9)18-8-13(17)14-6-11(16)7-15/h3-5,11,15-16H,6-8H2,1-2H3,(H,14,17). The number of benzene rings is 1. The largest absolute Gasteiger partial charge is 0.484 e. The molecule has 100 valence electrons. The lowest BCUT2D eigenvalue weighted by Gasteiger charge is -2.10. The summed E-state index contributed by atoms with van der Waals surface area (Å²) in [4.78, 5) is 11.4. The number of aliphatic hydroxyl groups excluding tert-OH is 2. The zero-order valence-corrected chi connectivity index (χ0v) is 10.6. The van der Waals surface area contributed by atoms with Crippen molar-refractivity contribution in [2.45, 2.75) is 20.0 Å². The van der Waals surface area contributed by atoms with Gasteiger partial charge in [-0.3, -0.25) is 4.79 Å². The topological polar surface area (TPSA) is 78.8 Å². The van der Waals surface area contributed by atoms with Crippen molar-refractivity contribution in [1.82, 2.24) is 5.32 Å². The second kappa shape index (κ2) is 6.98. The molecule has 0 heterocycles. The Labute approximate surface area is 106 Å². The van der Waals surface area contributed by atoms with Gasteiger partial charge in [-0.05, 0) is 37.1 Å². The number of hydrogen-bond donors (Lipinski definition) is 3. The number of carbonyl (C=O) groups excluding carboxylic acids is 1. The lowest BCUT2D eigenvalue weighted by Crippen LogP contribution is -2.36. The first-order valence-electron chi connectivity index (χ1n) is 5.78. The quantitative estimate of drug-likeness (QED) is 0.674. The van der Waals surface area contributed by atoms with Crippen LogP contribution in [0.4, 0.5) is 0 Å². The first kappa shape index (κ1) is 14.5. The Hall–Kier alpha value is -1.59. The van der Waals surface area contributed by atoms with E-state index in [1.54, 1.807) is 0 Å². The Kier molecular flexibility index (Phi) is 5.61. The van der Waals surface area contributed by atoms with Crippen molar-refractivity contribution in [3.8, 4) is 5.75 Å². The molecule has 0 spiro atoms. The third-order valence-electron chi connectivity index (χ3n) is 2.31. The molecule has 0 saturated heterocycles. The molecule has 1 atom stereocenters. The number of rotatable bonds is 6. The Balaban J connectivity index is 2.38. The Morgan fingerprint density at radius 1 is 1.33 bits per heavy atom. The van der Waals surface area contributed by atoms with Gasteiger partial charge in [0.2, 0.25) is 0 Å². The number of aryl methyl sites for hydroxylation is 2. The van der Waals surface area contributed by atoms with Crippen LogP contribution in [0, 0.1) is 13.8 Å². The van der Waals surface area contributed by atoms with Gasteiger partial charge in [0.25, 0.3) is 5.91 Å². The van der Waals surface area contributed by atoms with Gasteiger partial charge >= 0.3 is 0 Å². The Morgan fingerprint density at radius 2 is 1.94 bits per heavy atom. The maximum atomic E-state index is 11.4. The van der Waals surface area contributed by atoms with Gasteiger partial charge in [-0.1, -0.05) is 6.07 Å². The van der Waals surface area contributed by atoms with Crippen molar-refractivity contribution < 1.29 is 19.7 Å². The minimum Gasteiger partial charge on any atom is -0.484 e. The summed E-state index contributed by atoms with van der Waals surface area (Å²) >= 11 is 0. The minimum absolute atomic E-state index is 0.0194. The highest BCUT2D eigenvalue weighted by atomic mass is 16.5. The predicted octanol–water partition coefficient (Wildman–Crippen LogP) is 0.152. The first-order chi connectivity index (χ1) is 8.51. The van der Waals surface area contributed by atoms with Crippen LogP contribution in [0.1, 0.15) is 11.1 Å². The highest BCUT2D eigenvalue weighted by molar-refractivity contribution is 5.77. The van der Waals surface area contributed by atoms with Crippen LogP contribution in [-0.2, 0) is 4.79 Å². The molecule has 1 amide bonds. The van der Waals surface area contributed by atoms with E-state index < -0.39 is 6.10 Å². The summed E-state index contributed by atoms with van der Waals surface area (Å²) in [5.74, 6) is 0.312. The van der Waals surface area contributed by atoms with E-state index in [9.17, 15) is 4.79 Å². The van der Waals surface area contributed by atoms with Gasteiger partial charge in [0, 0.05) is 6.54 Å². The minimum atomic E-state index is -0.935. The molecule has 0 aliphatic rings. The van der Waals surface area contributed by atoms with Gasteiger partial charge in [0.1, 0.15) is 5.75 Å². The average molecular weight is 253 g/mol. The molecule has 1 aromatic carbocycles. The van der Waals surface area contributed by atoms with Gasteiger partial charge in [-0.15, -0.1) is 0 Å². The lowest BCUT2D eigenvalue weighted by molar-refractivity contribution is -0.123. The van der Waals surface area contributed by atoms with Crippen LogP contribution in [0.25, 0.3) is 0 Å². The van der Waals surface area contributed by atoms with Crippen molar-refractivity contribution in [1.29, 1.82) is 0 Å². The molecule has 1 unspecified atom stereocenters. The smallest absolute Gasteiger partial charge is 0.258 e. The van der Waals surface area contributed by atoms with E-state index in [2.05, 4.69) is 5.32 Å². The fourth-order valence-electron chi connectivity index (χ4n) is 1.51. The molecule has 5 heteroatoms. The number of aliphatic hydroxyl groups is 2. The van der Waals surface area contributed by atoms with Gasteiger partial charge in [-0.25, -0.2) is 0 Å². The fraction of sp³-hybridized carbons (Fsp3) is 0.462. The number of ether oxygens (including phenoxy) is 1. The number of nitrogens with one attached hydrogen (secondary N) is 1. The second-order valence-corrected chi connectivity index (χ2v) is 4.25. The van der Waals surface area contributed by atoms with Crippen molar-refractivity contribution in [2.24, 2.45) is 0 Å². The maximum Gasteiger partial charge on any atom is 0.258 e. The molecule has 0 bridgehead atoms. The van der Waals surface area contributed by atoms with E-state index in [0.29, 0.717) is 5.75 Å². The molecule has 1 rings (SSSR count). The van der Waals surface area contributed by atoms with Crippen LogP contribution in [0.2, 0.25) is 0 Å². The second-order valence-electron chi connectivity index (χ2n) is 4.25. The van der Waals surface area contributed by atoms with E-state index in [1.807, 2.05) is 32.0 Å². The first-order valence-corrected chi connectivity index (χ1v) is 5.78. The van der Waals surface area contributed by atoms with Gasteiger partial charge in [-0.2, -0.15) is 0 Å². The fourth-order valence-corrected chi connectivity index (χ4v) is 1.51. The molecule has 0 aromatic heterocycles. The predicted molar refractivity (Wildman–Crippen MR) is 67.5 cm³/mol. The highest BCUT2D eigenvalue weighted by Crippen LogP contribution is 2.15. The zero-order valence-electron chi connectivity index (χ0n) is 10.6. The Morgan fingerprint density at radius 3 is 2.50 bits per heavy atom. The summed E-state index contributed by atoms with van der Waals surface area (Å²) in [6.07, 6.45) is -0.935. The number of amides is 1. The van der Waals surface area contributed by atoms with E-state index >= 15 is 0 Å². The van der Waals surface area contributed by atoms with Crippen molar-refractivity contribution >= 4 is 5.91 Å². The van der Waals surface area contributed by atoms with Crippen LogP contribution in [0.5, 0.6) is 5.75 Å². The van der Waals surface area contributed by atoms with E-state index in [0.717, 1.165) is 11.1 Å². The summed E-state index contributed by atoms with van der Waals surface area (Å²) < 4.78 is 5.34. The van der Waals surface area contributed by atoms with E-state index in [4.69, 9.17) is 14.9 Å². The van der Waals surface area contributed by atoms with Crippen LogP contribution in [0.15, 0.2) is 18.2 Å². The van der Waals surface area contributed by atoms with E-state index in [1.165, 1.54) is 0 Å². The normalized spacial score (nSPS) is 12.0. The molecular formula is C13H19NO4. The van der Waals surface area contributed by atoms with Crippen LogP contribution in [-0.4, -0.2) is 42.0 Å². The molecule has 0 aliphatic heterocycles. The molecule has 0 radical (unpaired) electrons. The highest BCUT2D eigenvalue weighted by Gasteiger charge is 2.06. The van der Waals surface area contributed by atoms with Gasteiger partial charge < -0.3 is 20.3 Å². The third-order valence-corrected chi connectivity index (χ3v) is 2.31. The zero-order chi connectivity index (χ0) is 13.5. The molecule has 0 fully saturated rings. The summed E-state index contributed by atoms with van der Waals surface area (Å²) in [6, 6.07) is 5.72. The third kappa shape index (κ3) is 5.16. The van der Waals surface area contributed by atoms with Crippen LogP contribution >= 0.6 is 0 Å². The monoisotopic (exact) mass is 253 g/mol. The summed E-state index contributed by atoms with van der Waals surface area (Å²) in [5, 5.41) is 20.1. The van der Waals surface area contributed by atoms with Gasteiger partial charge in [0.05, 0.1) is 12.7 Å². The van der Waals surface area contributed by atoms with Crippen molar-refractivity contribution in [3.05, 3.63) is 29.3 Å². The summed E-state index contributed by atoms with van der Waals surface area (Å²) in [6.45, 7) is 3.44. The van der Waals surface area contributed by atoms with Crippen molar-refractivity contribution in [3.63, 3.8) is 0 Å². The maximum absolute atomic E-state index is 11.4. The molecule has 0 saturated carbocycles. The molecule has 5 nitrogen and oxygen atoms in total. The molecular weight excluding hydrogens is 234 g/mol. The molecule has 1 aromatic rings. The number of carbonyl (C=O) groups is 1.